The maximum absolute atomic E-state index is 6.15. The summed E-state index contributed by atoms with van der Waals surface area (Å²) in [6.07, 6.45) is 1.06. The highest BCUT2D eigenvalue weighted by atomic mass is 35.5. The first-order chi connectivity index (χ1) is 8.60. The summed E-state index contributed by atoms with van der Waals surface area (Å²) < 4.78 is 1.48. The van der Waals surface area contributed by atoms with Crippen molar-refractivity contribution in [2.75, 3.05) is 5.32 Å². The van der Waals surface area contributed by atoms with E-state index in [9.17, 15) is 0 Å². The van der Waals surface area contributed by atoms with Crippen LogP contribution in [-0.2, 0) is 6.42 Å². The molecule has 0 saturated heterocycles. The minimum atomic E-state index is 0.147. The lowest BCUT2D eigenvalue weighted by Gasteiger charge is -2.15. The van der Waals surface area contributed by atoms with Crippen molar-refractivity contribution in [1.29, 1.82) is 0 Å². The molecule has 2 rings (SSSR count). The Morgan fingerprint density at radius 1 is 1.22 bits per heavy atom. The molecule has 0 amide bonds. The van der Waals surface area contributed by atoms with E-state index in [1.165, 1.54) is 16.9 Å². The largest absolute Gasteiger partial charge is 0.378 e. The average molecular weight is 300 g/mol. The molecular formula is C14H15Cl2NS. The van der Waals surface area contributed by atoms with Crippen molar-refractivity contribution in [2.45, 2.75) is 26.3 Å². The summed E-state index contributed by atoms with van der Waals surface area (Å²) in [6, 6.07) is 10.5. The first-order valence-corrected chi connectivity index (χ1v) is 7.47. The van der Waals surface area contributed by atoms with E-state index in [1.807, 2.05) is 6.07 Å². The molecule has 1 atom stereocenters. The molecule has 0 fully saturated rings. The molecule has 18 heavy (non-hydrogen) atoms. The van der Waals surface area contributed by atoms with Gasteiger partial charge in [0.1, 0.15) is 0 Å². The zero-order chi connectivity index (χ0) is 13.1. The molecule has 1 unspecified atom stereocenters. The van der Waals surface area contributed by atoms with Gasteiger partial charge in [0.05, 0.1) is 14.7 Å². The number of aryl methyl sites for hydroxylation is 1. The van der Waals surface area contributed by atoms with Crippen LogP contribution in [0, 0.1) is 0 Å². The highest BCUT2D eigenvalue weighted by Gasteiger charge is 2.13. The molecule has 0 bridgehead atoms. The Morgan fingerprint density at radius 2 is 1.89 bits per heavy atom. The topological polar surface area (TPSA) is 12.0 Å². The summed E-state index contributed by atoms with van der Waals surface area (Å²) in [5.41, 5.74) is 3.48. The first kappa shape index (κ1) is 13.7. The van der Waals surface area contributed by atoms with Crippen LogP contribution in [0.4, 0.5) is 5.69 Å². The first-order valence-electron chi connectivity index (χ1n) is 5.90. The number of benzene rings is 1. The molecule has 4 heteroatoms. The number of thiophene rings is 1. The monoisotopic (exact) mass is 299 g/mol. The standard InChI is InChI=1S/C14H15Cl2NS/c1-3-10-4-6-11(7-5-10)17-9(2)12-8-13(15)18-14(12)16/h4-9,17H,3H2,1-2H3. The number of anilines is 1. The molecule has 0 aliphatic heterocycles. The highest BCUT2D eigenvalue weighted by Crippen LogP contribution is 2.36. The second-order valence-electron chi connectivity index (χ2n) is 4.20. The van der Waals surface area contributed by atoms with Crippen molar-refractivity contribution in [3.8, 4) is 0 Å². The van der Waals surface area contributed by atoms with Crippen molar-refractivity contribution in [1.82, 2.24) is 0 Å². The van der Waals surface area contributed by atoms with Gasteiger partial charge in [-0.2, -0.15) is 0 Å². The Kier molecular flexibility index (Phi) is 4.55. The van der Waals surface area contributed by atoms with Gasteiger partial charge in [-0.25, -0.2) is 0 Å². The maximum Gasteiger partial charge on any atom is 0.0996 e. The summed E-state index contributed by atoms with van der Waals surface area (Å²) in [7, 11) is 0. The van der Waals surface area contributed by atoms with Crippen molar-refractivity contribution >= 4 is 40.2 Å². The van der Waals surface area contributed by atoms with E-state index in [1.54, 1.807) is 0 Å². The average Bonchev–Trinajstić information content (AvgIpc) is 2.69. The maximum atomic E-state index is 6.15. The molecule has 1 N–H and O–H groups in total. The molecule has 2 aromatic rings. The van der Waals surface area contributed by atoms with E-state index in [2.05, 4.69) is 43.4 Å². The van der Waals surface area contributed by atoms with Gasteiger partial charge in [-0.05, 0) is 37.1 Å². The Balaban J connectivity index is 2.10. The van der Waals surface area contributed by atoms with E-state index < -0.39 is 0 Å². The predicted octanol–water partition coefficient (Wildman–Crippen LogP) is 5.79. The molecule has 1 aromatic heterocycles. The van der Waals surface area contributed by atoms with Crippen molar-refractivity contribution in [3.05, 3.63) is 50.1 Å². The normalized spacial score (nSPS) is 12.4. The van der Waals surface area contributed by atoms with Crippen LogP contribution >= 0.6 is 34.5 Å². The van der Waals surface area contributed by atoms with Gasteiger partial charge >= 0.3 is 0 Å². The zero-order valence-corrected chi connectivity index (χ0v) is 12.7. The predicted molar refractivity (Wildman–Crippen MR) is 82.2 cm³/mol. The summed E-state index contributed by atoms with van der Waals surface area (Å²) >= 11 is 13.5. The van der Waals surface area contributed by atoms with Gasteiger partial charge in [-0.1, -0.05) is 42.3 Å². The van der Waals surface area contributed by atoms with Crippen LogP contribution in [-0.4, -0.2) is 0 Å². The third-order valence-corrected chi connectivity index (χ3v) is 4.41. The van der Waals surface area contributed by atoms with Crippen molar-refractivity contribution < 1.29 is 0 Å². The summed E-state index contributed by atoms with van der Waals surface area (Å²) in [5.74, 6) is 0. The van der Waals surface area contributed by atoms with Gasteiger partial charge in [0.15, 0.2) is 0 Å². The van der Waals surface area contributed by atoms with Crippen LogP contribution in [0.25, 0.3) is 0 Å². The third-order valence-electron chi connectivity index (χ3n) is 2.89. The minimum absolute atomic E-state index is 0.147. The van der Waals surface area contributed by atoms with Crippen LogP contribution in [0.2, 0.25) is 8.67 Å². The van der Waals surface area contributed by atoms with Gasteiger partial charge in [-0.15, -0.1) is 11.3 Å². The Hall–Kier alpha value is -0.700. The molecule has 0 aliphatic rings. The van der Waals surface area contributed by atoms with Crippen molar-refractivity contribution in [2.24, 2.45) is 0 Å². The van der Waals surface area contributed by atoms with Crippen molar-refractivity contribution in [3.63, 3.8) is 0 Å². The Bertz CT molecular complexity index is 519. The molecule has 0 saturated carbocycles. The van der Waals surface area contributed by atoms with E-state index in [-0.39, 0.29) is 6.04 Å². The quantitative estimate of drug-likeness (QED) is 0.753. The second kappa shape index (κ2) is 5.96. The Labute approximate surface area is 122 Å². The lowest BCUT2D eigenvalue weighted by Crippen LogP contribution is -2.05. The lowest BCUT2D eigenvalue weighted by atomic mass is 10.1. The molecule has 1 heterocycles. The SMILES string of the molecule is CCc1ccc(NC(C)c2cc(Cl)sc2Cl)cc1. The van der Waals surface area contributed by atoms with E-state index in [0.29, 0.717) is 0 Å². The number of rotatable bonds is 4. The lowest BCUT2D eigenvalue weighted by molar-refractivity contribution is 0.890. The molecule has 0 radical (unpaired) electrons. The van der Waals surface area contributed by atoms with Crippen LogP contribution in [0.15, 0.2) is 30.3 Å². The summed E-state index contributed by atoms with van der Waals surface area (Å²) in [5, 5.41) is 3.43. The van der Waals surface area contributed by atoms with Gasteiger partial charge in [0.2, 0.25) is 0 Å². The fraction of sp³-hybridized carbons (Fsp3) is 0.286. The van der Waals surface area contributed by atoms with Gasteiger partial charge in [-0.3, -0.25) is 0 Å². The molecule has 1 aromatic carbocycles. The van der Waals surface area contributed by atoms with E-state index in [4.69, 9.17) is 23.2 Å². The minimum Gasteiger partial charge on any atom is -0.378 e. The van der Waals surface area contributed by atoms with Crippen LogP contribution in [0.5, 0.6) is 0 Å². The van der Waals surface area contributed by atoms with Gasteiger partial charge in [0, 0.05) is 11.3 Å². The molecule has 0 aliphatic carbocycles. The number of hydrogen-bond donors (Lipinski definition) is 1. The van der Waals surface area contributed by atoms with Crippen LogP contribution < -0.4 is 5.32 Å². The van der Waals surface area contributed by atoms with Crippen LogP contribution in [0.1, 0.15) is 31.0 Å². The fourth-order valence-electron chi connectivity index (χ4n) is 1.81. The number of nitrogens with one attached hydrogen (secondary N) is 1. The Morgan fingerprint density at radius 3 is 2.39 bits per heavy atom. The van der Waals surface area contributed by atoms with E-state index in [0.717, 1.165) is 26.3 Å². The van der Waals surface area contributed by atoms with E-state index >= 15 is 0 Å². The molecule has 0 spiro atoms. The molecular weight excluding hydrogens is 285 g/mol. The fourth-order valence-corrected chi connectivity index (χ4v) is 3.46. The number of halogens is 2. The third kappa shape index (κ3) is 3.19. The smallest absolute Gasteiger partial charge is 0.0996 e. The molecule has 1 nitrogen and oxygen atoms in total. The molecule has 96 valence electrons. The summed E-state index contributed by atoms with van der Waals surface area (Å²) in [6.45, 7) is 4.23. The second-order valence-corrected chi connectivity index (χ2v) is 6.48. The van der Waals surface area contributed by atoms with Gasteiger partial charge in [0.25, 0.3) is 0 Å². The van der Waals surface area contributed by atoms with Crippen LogP contribution in [0.3, 0.4) is 0 Å². The summed E-state index contributed by atoms with van der Waals surface area (Å²) in [4.78, 5) is 0. The highest BCUT2D eigenvalue weighted by molar-refractivity contribution is 7.20. The number of hydrogen-bond acceptors (Lipinski definition) is 2. The van der Waals surface area contributed by atoms with Gasteiger partial charge < -0.3 is 5.32 Å². The zero-order valence-electron chi connectivity index (χ0n) is 10.3.